The topological polar surface area (TPSA) is 454 Å². The zero-order valence-electron chi connectivity index (χ0n) is 74.4. The minimum Gasteiger partial charge on any atom is -0.496 e. The van der Waals surface area contributed by atoms with E-state index in [2.05, 4.69) is 54.6 Å². The number of rotatable bonds is 47. The Bertz CT molecular complexity index is 4130. The molecule has 2 bridgehead atoms. The zero-order chi connectivity index (χ0) is 91.0. The molecule has 0 radical (unpaired) electrons. The average Bonchev–Trinajstić information content (AvgIpc) is 1.49. The van der Waals surface area contributed by atoms with Gasteiger partial charge < -0.3 is 104 Å². The van der Waals surface area contributed by atoms with Crippen LogP contribution in [0.3, 0.4) is 0 Å². The largest absolute Gasteiger partial charge is 0.496 e. The maximum atomic E-state index is 15.6. The fraction of sp³-hybridized carbons (Fsp3) is 0.697. The molecule has 0 aromatic heterocycles. The summed E-state index contributed by atoms with van der Waals surface area (Å²) in [5.74, 6) is -4.08. The molecule has 1 saturated carbocycles. The Morgan fingerprint density at radius 3 is 2.01 bits per heavy atom. The molecule has 35 nitrogen and oxygen atoms in total. The quantitative estimate of drug-likeness (QED) is 0.0114. The van der Waals surface area contributed by atoms with Crippen LogP contribution in [0.4, 0.5) is 5.69 Å². The van der Waals surface area contributed by atoms with Crippen LogP contribution >= 0.6 is 11.8 Å². The van der Waals surface area contributed by atoms with Crippen molar-refractivity contribution in [3.05, 3.63) is 76.4 Å². The number of nitrogens with zero attached hydrogens (tertiary/aromatic N) is 4. The molecule has 2 aromatic rings. The van der Waals surface area contributed by atoms with E-state index >= 15 is 9.59 Å². The molecule has 8 aliphatic rings. The highest BCUT2D eigenvalue weighted by Gasteiger charge is 2.79. The fourth-order valence-corrected chi connectivity index (χ4v) is 20.5. The molecule has 6 aliphatic heterocycles. The number of fused-ring (bicyclic) bond motifs is 5. The highest BCUT2D eigenvalue weighted by molar-refractivity contribution is 8.00. The van der Waals surface area contributed by atoms with E-state index < -0.39 is 111 Å². The van der Waals surface area contributed by atoms with Gasteiger partial charge in [0.15, 0.2) is 18.2 Å². The van der Waals surface area contributed by atoms with Crippen LogP contribution in [0.25, 0.3) is 5.57 Å². The van der Waals surface area contributed by atoms with Crippen molar-refractivity contribution >= 4 is 88.2 Å². The number of hydrogen-bond donors (Lipinski definition) is 10. The van der Waals surface area contributed by atoms with Crippen molar-refractivity contribution in [2.75, 3.05) is 158 Å². The maximum absolute atomic E-state index is 15.6. The minimum atomic E-state index is -2.41. The van der Waals surface area contributed by atoms with Gasteiger partial charge in [0.1, 0.15) is 36.5 Å². The van der Waals surface area contributed by atoms with E-state index in [9.17, 15) is 68.7 Å². The van der Waals surface area contributed by atoms with E-state index in [-0.39, 0.29) is 178 Å². The number of thioether (sulfide) groups is 1. The van der Waals surface area contributed by atoms with Crippen LogP contribution in [0.1, 0.15) is 172 Å². The van der Waals surface area contributed by atoms with Gasteiger partial charge in [-0.3, -0.25) is 62.6 Å². The molecule has 2 aromatic carbocycles. The third-order valence-corrected chi connectivity index (χ3v) is 27.0. The highest BCUT2D eigenvalue weighted by atomic mass is 32.2. The van der Waals surface area contributed by atoms with Gasteiger partial charge in [0.25, 0.3) is 5.91 Å². The van der Waals surface area contributed by atoms with Crippen LogP contribution < -0.4 is 36.2 Å². The molecule has 11 unspecified atom stereocenters. The first-order chi connectivity index (χ1) is 59.9. The summed E-state index contributed by atoms with van der Waals surface area (Å²) in [6.45, 7) is 12.5. The van der Waals surface area contributed by atoms with Gasteiger partial charge >= 0.3 is 23.9 Å². The normalized spacial score (nSPS) is 26.3. The fourth-order valence-electron chi connectivity index (χ4n) is 19.5. The molecule has 6 heterocycles. The van der Waals surface area contributed by atoms with Gasteiger partial charge in [-0.15, -0.1) is 11.8 Å². The maximum Gasteiger partial charge on any atom is 0.328 e. The summed E-state index contributed by atoms with van der Waals surface area (Å²) in [6.07, 6.45) is 5.42. The van der Waals surface area contributed by atoms with Crippen molar-refractivity contribution in [2.24, 2.45) is 11.3 Å². The molecule has 10 rings (SSSR count). The van der Waals surface area contributed by atoms with Crippen molar-refractivity contribution in [2.45, 2.75) is 233 Å². The minimum absolute atomic E-state index is 0.0155. The Morgan fingerprint density at radius 1 is 0.712 bits per heavy atom. The smallest absolute Gasteiger partial charge is 0.328 e. The lowest BCUT2D eigenvalue weighted by Gasteiger charge is -2.63. The zero-order valence-corrected chi connectivity index (χ0v) is 75.2. The van der Waals surface area contributed by atoms with Gasteiger partial charge in [0.2, 0.25) is 35.4 Å². The monoisotopic (exact) mass is 1780 g/mol. The molecule has 2 aliphatic carbocycles. The molecular formula is C89H133N9O26S. The van der Waals surface area contributed by atoms with Crippen LogP contribution in [0.2, 0.25) is 0 Å². The SMILES string of the molecule is CCC(CO)OC(COC(=O)CCCC(=O)NCCSC1CC(=O)N(CCC(=O)NCCOCCC(=O)NC)C1=O)OC.CCC(CO)OC(COC(=O)CCCC(=O)N[C@H](C)C(=O)OCCCNC(=O)[C@]1(O)C2N(C)c3cc(OC)c([C@@]4(C(=O)OC)CC5CN(CCC6=C4Cc4ccccc46)CC(O)(CC)C5)cc3C23CCN2CC=C[C@](CC)(C23)[C@H]1O)OC. The van der Waals surface area contributed by atoms with Crippen LogP contribution in [-0.2, 0) is 113 Å². The molecule has 7 amide bonds. The number of aliphatic hydroxyl groups is 5. The first-order valence-electron chi connectivity index (χ1n) is 44.0. The Balaban J connectivity index is 0.000000348. The Kier molecular flexibility index (Phi) is 37.5. The van der Waals surface area contributed by atoms with E-state index in [1.807, 2.05) is 70.0 Å². The van der Waals surface area contributed by atoms with Crippen molar-refractivity contribution in [1.82, 2.24) is 41.3 Å². The van der Waals surface area contributed by atoms with Crippen molar-refractivity contribution in [3.8, 4) is 5.75 Å². The highest BCUT2D eigenvalue weighted by Crippen LogP contribution is 2.68. The second-order valence-corrected chi connectivity index (χ2v) is 34.8. The Labute approximate surface area is 736 Å². The predicted molar refractivity (Wildman–Crippen MR) is 459 cm³/mol. The summed E-state index contributed by atoms with van der Waals surface area (Å²) in [4.78, 5) is 149. The lowest BCUT2D eigenvalue weighted by atomic mass is 9.47. The molecular weight excluding hydrogens is 1640 g/mol. The molecule has 1 spiro atoms. The number of methoxy groups -OCH3 is 4. The molecule has 125 heavy (non-hydrogen) atoms. The number of esters is 4. The van der Waals surface area contributed by atoms with Gasteiger partial charge in [0, 0.05) is 166 Å². The number of ether oxygens (including phenoxy) is 10. The number of benzene rings is 2. The third kappa shape index (κ3) is 23.4. The number of hydrogen-bond acceptors (Lipinski definition) is 30. The number of aliphatic hydroxyl groups excluding tert-OH is 3. The van der Waals surface area contributed by atoms with Crippen LogP contribution in [0.15, 0.2) is 54.1 Å². The van der Waals surface area contributed by atoms with E-state index in [0.29, 0.717) is 113 Å². The van der Waals surface area contributed by atoms with Crippen LogP contribution in [0, 0.1) is 11.3 Å². The standard InChI is InChI=1S/C62H87N5O15.C27H46N4O11S/c1-9-41(35-68)82-51(78-7)36-81-50(70)20-14-19-49(69)64-38(4)52(71)80-28-16-24-63-56(73)62(76)54-60(23-27-67-25-15-22-59(11-3,53(60)67)55(62)72)45-30-46(48(77-6)31-47(45)65(54)5)61(57(74)79-8)33-39-32-58(75,10-2)37-66(34-39)26-21-43-42-18-13-12-17-40(42)29-44(43)61;1-4-19(17-32)42-26(39-3)18-41-25(37)7-5-6-22(34)30-11-15-43-20-16-24(36)31(27(20)38)12-8-23(35)29-10-14-40-13-9-21(33)28-2/h12-13,15,17-18,22,30-31,38-39,41,51,53-55,68,72,75-76H,9-11,14,16,19-21,23-29,32-37H2,1-8H3,(H,63,73)(H,64,69);19-20,26,32H,4-18H2,1-3H3,(H,28,33)(H,29,35)(H,30,34)/t38-,39?,41?,51?,53?,54?,55-,58?,59-,60?,61-,62+;/m1./s1. The van der Waals surface area contributed by atoms with E-state index in [4.69, 9.17) is 47.4 Å². The number of anilines is 1. The second-order valence-electron chi connectivity index (χ2n) is 33.5. The van der Waals surface area contributed by atoms with Gasteiger partial charge in [-0.2, -0.15) is 0 Å². The van der Waals surface area contributed by atoms with E-state index in [1.165, 1.54) is 47.1 Å². The van der Waals surface area contributed by atoms with Gasteiger partial charge in [0.05, 0.1) is 76.4 Å². The summed E-state index contributed by atoms with van der Waals surface area (Å²) in [6, 6.07) is 10.0. The lowest BCUT2D eigenvalue weighted by Crippen LogP contribution is -2.81. The lowest BCUT2D eigenvalue weighted by molar-refractivity contribution is -0.203. The molecule has 4 fully saturated rings. The number of piperidine rings is 1. The molecule has 696 valence electrons. The summed E-state index contributed by atoms with van der Waals surface area (Å²) in [7, 11) is 9.23. The first-order valence-corrected chi connectivity index (χ1v) is 45.0. The van der Waals surface area contributed by atoms with Crippen molar-refractivity contribution < 1.29 is 126 Å². The number of carbonyl (C=O) groups excluding carboxylic acids is 11. The van der Waals surface area contributed by atoms with E-state index in [1.54, 1.807) is 7.11 Å². The average molecular weight is 1780 g/mol. The second kappa shape index (κ2) is 46.7. The summed E-state index contributed by atoms with van der Waals surface area (Å²) in [5.41, 5.74) is -0.330. The van der Waals surface area contributed by atoms with Crippen LogP contribution in [-0.4, -0.2) is 324 Å². The molecule has 3 saturated heterocycles. The van der Waals surface area contributed by atoms with Crippen molar-refractivity contribution in [1.29, 1.82) is 0 Å². The number of likely N-dealkylation sites (tertiary alicyclic amines) is 1. The third-order valence-electron chi connectivity index (χ3n) is 25.8. The number of imide groups is 1. The summed E-state index contributed by atoms with van der Waals surface area (Å²) in [5, 5.41) is 70.1. The number of amides is 7. The predicted octanol–water partition coefficient (Wildman–Crippen LogP) is 2.70. The number of nitrogens with one attached hydrogen (secondary N) is 5. The molecule has 16 atom stereocenters. The van der Waals surface area contributed by atoms with Crippen molar-refractivity contribution in [3.63, 3.8) is 0 Å². The van der Waals surface area contributed by atoms with Gasteiger partial charge in [-0.1, -0.05) is 64.1 Å². The van der Waals surface area contributed by atoms with Gasteiger partial charge in [-0.05, 0) is 130 Å². The molecule has 36 heteroatoms. The summed E-state index contributed by atoms with van der Waals surface area (Å²) >= 11 is 1.26. The molecule has 10 N–H and O–H groups in total. The summed E-state index contributed by atoms with van der Waals surface area (Å²) < 4.78 is 54.9. The van der Waals surface area contributed by atoms with Gasteiger partial charge in [-0.25, -0.2) is 4.79 Å². The Hall–Kier alpha value is -8.24. The number of likely N-dealkylation sites (N-methyl/N-ethyl adjacent to an activating group) is 1. The number of carbonyl (C=O) groups is 11. The Morgan fingerprint density at radius 2 is 1.38 bits per heavy atom. The van der Waals surface area contributed by atoms with Crippen LogP contribution in [0.5, 0.6) is 5.75 Å². The first kappa shape index (κ1) is 101. The van der Waals surface area contributed by atoms with E-state index in [0.717, 1.165) is 32.7 Å².